The van der Waals surface area contributed by atoms with Crippen molar-refractivity contribution in [2.24, 2.45) is 0 Å². The van der Waals surface area contributed by atoms with Gasteiger partial charge in [0, 0.05) is 21.9 Å². The van der Waals surface area contributed by atoms with Crippen LogP contribution in [0.3, 0.4) is 0 Å². The number of hydrogen-bond acceptors (Lipinski definition) is 1. The van der Waals surface area contributed by atoms with Gasteiger partial charge in [-0.2, -0.15) is 0 Å². The van der Waals surface area contributed by atoms with Gasteiger partial charge in [-0.15, -0.1) is 0 Å². The molecule has 0 saturated carbocycles. The minimum atomic E-state index is 0.889. The lowest BCUT2D eigenvalue weighted by molar-refractivity contribution is 0.670. The maximum absolute atomic E-state index is 7.04. The standard InChI is InChI=1S/C56H34O/c1-2-14-35(15-3-1)36-26-28-38(29-27-36)53-43-20-8-10-22-45(43)54(46-23-11-9-21-44(46)53)49-33-32-47(55-48-24-12-13-25-52(48)57-56(49)55)51-34-50-39-17-5-4-16-37(39)30-31-42(50)40-18-6-7-19-41(40)51/h1-34H. The van der Waals surface area contributed by atoms with Gasteiger partial charge in [-0.1, -0.05) is 188 Å². The van der Waals surface area contributed by atoms with E-state index in [1.807, 2.05) is 0 Å². The van der Waals surface area contributed by atoms with Crippen molar-refractivity contribution < 1.29 is 4.42 Å². The highest BCUT2D eigenvalue weighted by molar-refractivity contribution is 6.28. The van der Waals surface area contributed by atoms with Crippen molar-refractivity contribution in [3.05, 3.63) is 206 Å². The Morgan fingerprint density at radius 2 is 0.772 bits per heavy atom. The molecular weight excluding hydrogens is 689 g/mol. The molecule has 0 aliphatic heterocycles. The molecule has 0 atom stereocenters. The van der Waals surface area contributed by atoms with E-state index in [1.54, 1.807) is 0 Å². The number of hydrogen-bond donors (Lipinski definition) is 0. The summed E-state index contributed by atoms with van der Waals surface area (Å²) in [6.07, 6.45) is 0. The molecule has 0 fully saturated rings. The largest absolute Gasteiger partial charge is 0.455 e. The average Bonchev–Trinajstić information content (AvgIpc) is 3.68. The molecule has 0 saturated heterocycles. The molecule has 264 valence electrons. The average molecular weight is 723 g/mol. The molecule has 57 heavy (non-hydrogen) atoms. The van der Waals surface area contributed by atoms with Crippen LogP contribution in [-0.2, 0) is 0 Å². The van der Waals surface area contributed by atoms with Crippen LogP contribution in [0.1, 0.15) is 0 Å². The Kier molecular flexibility index (Phi) is 7.00. The number of fused-ring (bicyclic) bond motifs is 10. The third-order valence-corrected chi connectivity index (χ3v) is 12.1. The Morgan fingerprint density at radius 1 is 0.263 bits per heavy atom. The van der Waals surface area contributed by atoms with Gasteiger partial charge in [0.2, 0.25) is 0 Å². The molecule has 0 bridgehead atoms. The lowest BCUT2D eigenvalue weighted by atomic mass is 9.84. The smallest absolute Gasteiger partial charge is 0.143 e. The summed E-state index contributed by atoms with van der Waals surface area (Å²) in [5.74, 6) is 0. The second-order valence-corrected chi connectivity index (χ2v) is 15.1. The second kappa shape index (κ2) is 12.5. The molecular formula is C56H34O. The van der Waals surface area contributed by atoms with Gasteiger partial charge in [0.05, 0.1) is 0 Å². The van der Waals surface area contributed by atoms with Gasteiger partial charge in [-0.05, 0) is 105 Å². The number of benzene rings is 11. The summed E-state index contributed by atoms with van der Waals surface area (Å²) < 4.78 is 7.04. The molecule has 1 aromatic heterocycles. The third-order valence-electron chi connectivity index (χ3n) is 12.1. The Labute approximate surface area is 329 Å². The van der Waals surface area contributed by atoms with Crippen molar-refractivity contribution in [2.75, 3.05) is 0 Å². The molecule has 0 aliphatic carbocycles. The molecule has 0 spiro atoms. The van der Waals surface area contributed by atoms with Gasteiger partial charge >= 0.3 is 0 Å². The SMILES string of the molecule is c1ccc(-c2ccc(-c3c4ccccc4c(-c4ccc(-c5cc6c7ccccc7ccc6c6ccccc56)c5c4oc4ccccc45)c4ccccc34)cc2)cc1. The molecule has 1 nitrogen and oxygen atoms in total. The van der Waals surface area contributed by atoms with E-state index < -0.39 is 0 Å². The van der Waals surface area contributed by atoms with E-state index in [4.69, 9.17) is 4.42 Å². The molecule has 0 amide bonds. The molecule has 0 aliphatic rings. The summed E-state index contributed by atoms with van der Waals surface area (Å²) in [6.45, 7) is 0. The fraction of sp³-hybridized carbons (Fsp3) is 0. The summed E-state index contributed by atoms with van der Waals surface area (Å²) in [6, 6.07) is 75.1. The maximum atomic E-state index is 7.04. The first-order valence-electron chi connectivity index (χ1n) is 19.7. The van der Waals surface area contributed by atoms with Crippen LogP contribution in [0.2, 0.25) is 0 Å². The van der Waals surface area contributed by atoms with Crippen LogP contribution < -0.4 is 0 Å². The Balaban J connectivity index is 1.16. The van der Waals surface area contributed by atoms with E-state index in [-0.39, 0.29) is 0 Å². The Morgan fingerprint density at radius 3 is 1.49 bits per heavy atom. The summed E-state index contributed by atoms with van der Waals surface area (Å²) in [5, 5.41) is 14.6. The predicted molar refractivity (Wildman–Crippen MR) is 243 cm³/mol. The van der Waals surface area contributed by atoms with E-state index in [0.29, 0.717) is 0 Å². The monoisotopic (exact) mass is 722 g/mol. The van der Waals surface area contributed by atoms with Gasteiger partial charge in [0.15, 0.2) is 0 Å². The van der Waals surface area contributed by atoms with Crippen molar-refractivity contribution in [1.29, 1.82) is 0 Å². The fourth-order valence-electron chi connectivity index (χ4n) is 9.52. The van der Waals surface area contributed by atoms with Crippen molar-refractivity contribution in [3.8, 4) is 44.5 Å². The zero-order valence-electron chi connectivity index (χ0n) is 31.0. The van der Waals surface area contributed by atoms with Gasteiger partial charge in [-0.3, -0.25) is 0 Å². The number of para-hydroxylation sites is 1. The third kappa shape index (κ3) is 4.83. The van der Waals surface area contributed by atoms with Crippen LogP contribution in [0.5, 0.6) is 0 Å². The van der Waals surface area contributed by atoms with Crippen molar-refractivity contribution >= 4 is 75.8 Å². The van der Waals surface area contributed by atoms with E-state index in [2.05, 4.69) is 206 Å². The number of rotatable bonds is 4. The van der Waals surface area contributed by atoms with Crippen LogP contribution in [-0.4, -0.2) is 0 Å². The minimum Gasteiger partial charge on any atom is -0.455 e. The summed E-state index contributed by atoms with van der Waals surface area (Å²) >= 11 is 0. The summed E-state index contributed by atoms with van der Waals surface area (Å²) in [5.41, 5.74) is 11.4. The quantitative estimate of drug-likeness (QED) is 0.130. The lowest BCUT2D eigenvalue weighted by Crippen LogP contribution is -1.92. The van der Waals surface area contributed by atoms with Crippen molar-refractivity contribution in [1.82, 2.24) is 0 Å². The molecule has 12 aromatic rings. The predicted octanol–water partition coefficient (Wildman–Crippen LogP) is 16.0. The number of furan rings is 1. The van der Waals surface area contributed by atoms with Crippen LogP contribution in [0.15, 0.2) is 211 Å². The maximum Gasteiger partial charge on any atom is 0.143 e. The molecule has 0 radical (unpaired) electrons. The first kappa shape index (κ1) is 31.8. The van der Waals surface area contributed by atoms with Crippen LogP contribution in [0, 0.1) is 0 Å². The molecule has 1 heterocycles. The molecule has 12 rings (SSSR count). The minimum absolute atomic E-state index is 0.889. The first-order chi connectivity index (χ1) is 28.3. The highest BCUT2D eigenvalue weighted by Crippen LogP contribution is 2.49. The van der Waals surface area contributed by atoms with Crippen LogP contribution >= 0.6 is 0 Å². The van der Waals surface area contributed by atoms with Gasteiger partial charge < -0.3 is 4.42 Å². The molecule has 1 heteroatoms. The topological polar surface area (TPSA) is 13.1 Å². The normalized spacial score (nSPS) is 11.9. The van der Waals surface area contributed by atoms with Crippen molar-refractivity contribution in [3.63, 3.8) is 0 Å². The fourth-order valence-corrected chi connectivity index (χ4v) is 9.52. The van der Waals surface area contributed by atoms with E-state index in [1.165, 1.54) is 92.8 Å². The molecule has 0 N–H and O–H groups in total. The van der Waals surface area contributed by atoms with Crippen LogP contribution in [0.4, 0.5) is 0 Å². The highest BCUT2D eigenvalue weighted by atomic mass is 16.3. The highest BCUT2D eigenvalue weighted by Gasteiger charge is 2.23. The second-order valence-electron chi connectivity index (χ2n) is 15.1. The zero-order chi connectivity index (χ0) is 37.5. The van der Waals surface area contributed by atoms with Gasteiger partial charge in [0.1, 0.15) is 11.2 Å². The van der Waals surface area contributed by atoms with Gasteiger partial charge in [-0.25, -0.2) is 0 Å². The first-order valence-corrected chi connectivity index (χ1v) is 19.7. The molecule has 11 aromatic carbocycles. The van der Waals surface area contributed by atoms with Crippen LogP contribution in [0.25, 0.3) is 120 Å². The van der Waals surface area contributed by atoms with E-state index >= 15 is 0 Å². The molecule has 0 unspecified atom stereocenters. The van der Waals surface area contributed by atoms with Gasteiger partial charge in [0.25, 0.3) is 0 Å². The van der Waals surface area contributed by atoms with Crippen molar-refractivity contribution in [2.45, 2.75) is 0 Å². The van der Waals surface area contributed by atoms with E-state index in [9.17, 15) is 0 Å². The Hall–Kier alpha value is -7.48. The lowest BCUT2D eigenvalue weighted by Gasteiger charge is -2.19. The zero-order valence-corrected chi connectivity index (χ0v) is 31.0. The van der Waals surface area contributed by atoms with E-state index in [0.717, 1.165) is 27.5 Å². The summed E-state index contributed by atoms with van der Waals surface area (Å²) in [7, 11) is 0. The Bertz CT molecular complexity index is 3500. The summed E-state index contributed by atoms with van der Waals surface area (Å²) in [4.78, 5) is 0.